The molecule has 0 saturated carbocycles. The van der Waals surface area contributed by atoms with Gasteiger partial charge in [0.15, 0.2) is 6.29 Å². The van der Waals surface area contributed by atoms with Gasteiger partial charge in [-0.1, -0.05) is 19.8 Å². The lowest BCUT2D eigenvalue weighted by molar-refractivity contribution is -0.369. The van der Waals surface area contributed by atoms with E-state index < -0.39 is 85.9 Å². The molecule has 4 heterocycles. The Bertz CT molecular complexity index is 1270. The molecule has 0 bridgehead atoms. The van der Waals surface area contributed by atoms with Gasteiger partial charge in [0, 0.05) is 43.5 Å². The summed E-state index contributed by atoms with van der Waals surface area (Å²) in [6, 6.07) is -0.684. The number of carboxylic acids is 1. The molecule has 55 heavy (non-hydrogen) atoms. The van der Waals surface area contributed by atoms with Crippen molar-refractivity contribution in [3.8, 4) is 0 Å². The zero-order valence-corrected chi connectivity index (χ0v) is 32.5. The molecule has 14 atom stereocenters. The average molecular weight is 809 g/mol. The van der Waals surface area contributed by atoms with Crippen molar-refractivity contribution in [1.82, 2.24) is 21.3 Å². The number of aliphatic hydroxyl groups is 5. The number of carbonyl (C=O) groups is 4. The summed E-state index contributed by atoms with van der Waals surface area (Å²) in [5, 5.41) is 75.4. The Kier molecular flexibility index (Phi) is 17.8. The number of rotatable bonds is 23. The van der Waals surface area contributed by atoms with E-state index in [-0.39, 0.29) is 55.9 Å². The highest BCUT2D eigenvalue weighted by molar-refractivity contribution is 8.00. The number of unbranched alkanes of at least 4 members (excludes halogenated alkanes) is 1. The van der Waals surface area contributed by atoms with E-state index in [0.29, 0.717) is 37.4 Å². The van der Waals surface area contributed by atoms with Crippen LogP contribution in [-0.4, -0.2) is 178 Å². The summed E-state index contributed by atoms with van der Waals surface area (Å²) in [6.07, 6.45) is -8.24. The molecule has 316 valence electrons. The van der Waals surface area contributed by atoms with Gasteiger partial charge in [-0.05, 0) is 38.5 Å². The van der Waals surface area contributed by atoms with Crippen LogP contribution in [0, 0.1) is 5.92 Å². The van der Waals surface area contributed by atoms with Crippen molar-refractivity contribution in [1.29, 1.82) is 0 Å². The molecular formula is C35H60N4O15S. The number of thioether (sulfide) groups is 1. The monoisotopic (exact) mass is 808 g/mol. The molecule has 4 aliphatic heterocycles. The van der Waals surface area contributed by atoms with Crippen LogP contribution in [0.3, 0.4) is 0 Å². The van der Waals surface area contributed by atoms with Gasteiger partial charge >= 0.3 is 12.0 Å². The first-order chi connectivity index (χ1) is 26.3. The van der Waals surface area contributed by atoms with Crippen molar-refractivity contribution < 1.29 is 73.5 Å². The van der Waals surface area contributed by atoms with E-state index in [9.17, 15) is 49.8 Å². The van der Waals surface area contributed by atoms with E-state index in [1.165, 1.54) is 14.0 Å². The summed E-state index contributed by atoms with van der Waals surface area (Å²) >= 11 is 1.83. The molecule has 0 aromatic heterocycles. The van der Waals surface area contributed by atoms with Crippen LogP contribution in [0.15, 0.2) is 0 Å². The molecule has 4 rings (SSSR count). The fourth-order valence-electron chi connectivity index (χ4n) is 7.83. The number of nitrogens with one attached hydrogen (secondary N) is 4. The van der Waals surface area contributed by atoms with Gasteiger partial charge in [0.25, 0.3) is 5.79 Å². The van der Waals surface area contributed by atoms with Gasteiger partial charge in [-0.2, -0.15) is 11.8 Å². The van der Waals surface area contributed by atoms with Gasteiger partial charge in [-0.15, -0.1) is 0 Å². The summed E-state index contributed by atoms with van der Waals surface area (Å²) in [5.74, 6) is -4.23. The Balaban J connectivity index is 1.35. The number of urea groups is 1. The number of amides is 3. The van der Waals surface area contributed by atoms with Gasteiger partial charge in [0.1, 0.15) is 48.5 Å². The third-order valence-electron chi connectivity index (χ3n) is 10.6. The number of fused-ring (bicyclic) bond motifs is 1. The minimum Gasteiger partial charge on any atom is -0.477 e. The summed E-state index contributed by atoms with van der Waals surface area (Å²) in [4.78, 5) is 49.0. The number of ether oxygens (including phenoxy) is 5. The minimum atomic E-state index is -2.54. The zero-order chi connectivity index (χ0) is 40.3. The summed E-state index contributed by atoms with van der Waals surface area (Å²) in [7, 11) is 1.26. The van der Waals surface area contributed by atoms with Gasteiger partial charge in [0.05, 0.1) is 38.4 Å². The van der Waals surface area contributed by atoms with Gasteiger partial charge < -0.3 is 75.6 Å². The molecule has 4 fully saturated rings. The third-order valence-corrected chi connectivity index (χ3v) is 12.1. The molecule has 20 heteroatoms. The number of hydrogen-bond acceptors (Lipinski definition) is 16. The molecule has 4 saturated heterocycles. The first-order valence-corrected chi connectivity index (χ1v) is 20.2. The van der Waals surface area contributed by atoms with Crippen LogP contribution in [-0.2, 0) is 38.1 Å². The zero-order valence-electron chi connectivity index (χ0n) is 31.7. The highest BCUT2D eigenvalue weighted by Crippen LogP contribution is 2.41. The second-order valence-electron chi connectivity index (χ2n) is 14.7. The lowest BCUT2D eigenvalue weighted by atomic mass is 9.79. The van der Waals surface area contributed by atoms with Gasteiger partial charge in [-0.3, -0.25) is 9.59 Å². The number of aliphatic hydroxyl groups excluding tert-OH is 5. The Hall–Kier alpha value is -2.21. The highest BCUT2D eigenvalue weighted by atomic mass is 32.2. The van der Waals surface area contributed by atoms with Crippen molar-refractivity contribution in [3.05, 3.63) is 0 Å². The minimum absolute atomic E-state index is 0.00168. The average Bonchev–Trinajstić information content (AvgIpc) is 3.71. The molecule has 0 aliphatic carbocycles. The van der Waals surface area contributed by atoms with Crippen LogP contribution >= 0.6 is 11.8 Å². The number of Topliss-reactive ketones (excluding diaryl/α,β-unsaturated/α-hetero) is 1. The van der Waals surface area contributed by atoms with Crippen LogP contribution in [0.25, 0.3) is 0 Å². The van der Waals surface area contributed by atoms with E-state index in [1.54, 1.807) is 0 Å². The van der Waals surface area contributed by atoms with E-state index in [4.69, 9.17) is 23.7 Å². The standard InChI is InChI=1S/C35H60N4O15S/c1-4-8-19-13-35(33(47)48,53-30(27(45)21(43)15-40)25(19)37-14-18(2)42)54-31-28(46)32(52-22(16-41)29(31)50-3)51-12-7-11-36-24(44)10-6-5-9-23-26-20(17-55-23)38-34(49)39-26/h19-23,25-32,37,40-41,43,45-46H,4-17H2,1-3H3,(H,36,44)(H,47,48)(H2,38,39,49)/t19?,20-,21+,22?,23-,25+,26-,27+,28?,29-,30?,31?,32+,35-/m0/s1. The fourth-order valence-corrected chi connectivity index (χ4v) is 9.38. The van der Waals surface area contributed by atoms with Crippen LogP contribution < -0.4 is 21.3 Å². The molecule has 0 aromatic carbocycles. The molecule has 5 unspecified atom stereocenters. The first kappa shape index (κ1) is 45.5. The van der Waals surface area contributed by atoms with Crippen molar-refractivity contribution in [2.75, 3.05) is 45.8 Å². The Labute approximate surface area is 324 Å². The number of methoxy groups -OCH3 is 1. The normalized spacial score (nSPS) is 35.7. The number of carboxylic acid groups (broad SMARTS) is 1. The molecule has 19 nitrogen and oxygen atoms in total. The second-order valence-corrected chi connectivity index (χ2v) is 16.0. The first-order valence-electron chi connectivity index (χ1n) is 19.1. The van der Waals surface area contributed by atoms with Crippen molar-refractivity contribution >= 4 is 35.5 Å². The fraction of sp³-hybridized carbons (Fsp3) is 0.886. The lowest BCUT2D eigenvalue weighted by Crippen LogP contribution is -2.69. The quantitative estimate of drug-likeness (QED) is 0.0393. The summed E-state index contributed by atoms with van der Waals surface area (Å²) in [5.41, 5.74) is 0. The predicted molar refractivity (Wildman–Crippen MR) is 195 cm³/mol. The SMILES string of the molecule is CCCC1C[C@](OC2C(O)[C@H](OCCCNC(=O)CCCC[C@@H]3SC[C@@H]4NC(=O)N[C@@H]43)OC(CO)[C@@H]2OC)(C(=O)O)OC([C@H](O)[C@H](O)CO)[C@@H]1NCC(C)=O. The lowest BCUT2D eigenvalue weighted by Gasteiger charge is -2.51. The van der Waals surface area contributed by atoms with Crippen molar-refractivity contribution in [3.63, 3.8) is 0 Å². The number of aliphatic carboxylic acids is 1. The maximum absolute atomic E-state index is 13.1. The van der Waals surface area contributed by atoms with Crippen LogP contribution in [0.5, 0.6) is 0 Å². The summed E-state index contributed by atoms with van der Waals surface area (Å²) in [6.45, 7) is 1.85. The topological polar surface area (TPSA) is 284 Å². The Morgan fingerprint density at radius 1 is 1.11 bits per heavy atom. The Morgan fingerprint density at radius 3 is 2.53 bits per heavy atom. The van der Waals surface area contributed by atoms with Crippen LogP contribution in [0.1, 0.15) is 65.2 Å². The number of carbonyl (C=O) groups excluding carboxylic acids is 3. The van der Waals surface area contributed by atoms with Gasteiger partial charge in [-0.25, -0.2) is 9.59 Å². The molecule has 0 radical (unpaired) electrons. The summed E-state index contributed by atoms with van der Waals surface area (Å²) < 4.78 is 29.3. The van der Waals surface area contributed by atoms with Crippen molar-refractivity contribution in [2.45, 2.75) is 143 Å². The molecular weight excluding hydrogens is 748 g/mol. The molecule has 0 aromatic rings. The largest absolute Gasteiger partial charge is 0.477 e. The van der Waals surface area contributed by atoms with Gasteiger partial charge in [0.2, 0.25) is 5.91 Å². The highest BCUT2D eigenvalue weighted by Gasteiger charge is 2.59. The van der Waals surface area contributed by atoms with Crippen molar-refractivity contribution in [2.24, 2.45) is 5.92 Å². The maximum atomic E-state index is 13.1. The van der Waals surface area contributed by atoms with Crippen LogP contribution in [0.2, 0.25) is 0 Å². The Morgan fingerprint density at radius 2 is 1.87 bits per heavy atom. The number of hydrogen-bond donors (Lipinski definition) is 10. The molecule has 10 N–H and O–H groups in total. The molecule has 0 spiro atoms. The van der Waals surface area contributed by atoms with E-state index in [2.05, 4.69) is 21.3 Å². The van der Waals surface area contributed by atoms with E-state index in [1.807, 2.05) is 18.7 Å². The van der Waals surface area contributed by atoms with E-state index in [0.717, 1.165) is 18.6 Å². The maximum Gasteiger partial charge on any atom is 0.364 e. The molecule has 4 aliphatic rings. The van der Waals surface area contributed by atoms with E-state index >= 15 is 0 Å². The third kappa shape index (κ3) is 11.7. The second kappa shape index (κ2) is 21.5. The number of ketones is 1. The predicted octanol–water partition coefficient (Wildman–Crippen LogP) is -2.04. The smallest absolute Gasteiger partial charge is 0.364 e. The molecule has 3 amide bonds. The van der Waals surface area contributed by atoms with Crippen LogP contribution in [0.4, 0.5) is 4.79 Å².